The molecule has 5 nitrogen and oxygen atoms in total. The van der Waals surface area contributed by atoms with Crippen molar-refractivity contribution in [2.75, 3.05) is 59.0 Å². The maximum atomic E-state index is 10.3. The van der Waals surface area contributed by atoms with Gasteiger partial charge in [-0.05, 0) is 41.6 Å². The first-order valence-corrected chi connectivity index (χ1v) is 16.6. The Morgan fingerprint density at radius 1 is 0.841 bits per heavy atom. The van der Waals surface area contributed by atoms with E-state index in [9.17, 15) is 5.11 Å². The fraction of sp³-hybridized carbons (Fsp3) is 0.487. The van der Waals surface area contributed by atoms with Crippen LogP contribution in [0.25, 0.3) is 12.2 Å². The van der Waals surface area contributed by atoms with Crippen LogP contribution in [-0.2, 0) is 4.74 Å². The number of nitrogens with one attached hydrogen (secondary N) is 1. The van der Waals surface area contributed by atoms with Crippen LogP contribution in [0.5, 0.6) is 0 Å². The van der Waals surface area contributed by atoms with Crippen LogP contribution < -0.4 is 5.32 Å². The summed E-state index contributed by atoms with van der Waals surface area (Å²) < 4.78 is 6.63. The third-order valence-corrected chi connectivity index (χ3v) is 9.30. The number of rotatable bonds is 11. The summed E-state index contributed by atoms with van der Waals surface area (Å²) in [5, 5.41) is 13.7. The summed E-state index contributed by atoms with van der Waals surface area (Å²) in [6.07, 6.45) is 28.6. The van der Waals surface area contributed by atoms with E-state index in [1.54, 1.807) is 0 Å². The molecular weight excluding hydrogens is 542 g/mol. The molecule has 2 unspecified atom stereocenters. The number of piperazine rings is 1. The van der Waals surface area contributed by atoms with Crippen molar-refractivity contribution >= 4 is 12.2 Å². The van der Waals surface area contributed by atoms with Gasteiger partial charge in [-0.3, -0.25) is 4.90 Å². The average molecular weight is 596 g/mol. The number of nitrogens with zero attached hydrogens (tertiary/aromatic N) is 2. The molecule has 1 aromatic rings. The van der Waals surface area contributed by atoms with Gasteiger partial charge in [0.2, 0.25) is 0 Å². The lowest BCUT2D eigenvalue weighted by Gasteiger charge is -2.35. The van der Waals surface area contributed by atoms with Crippen LogP contribution in [0.3, 0.4) is 0 Å². The number of allylic oxidation sites excluding steroid dienone is 6. The van der Waals surface area contributed by atoms with Crippen LogP contribution in [0.15, 0.2) is 90.2 Å². The van der Waals surface area contributed by atoms with Gasteiger partial charge >= 0.3 is 0 Å². The van der Waals surface area contributed by atoms with Gasteiger partial charge in [0.15, 0.2) is 0 Å². The second-order valence-corrected chi connectivity index (χ2v) is 13.9. The normalized spacial score (nSPS) is 22.7. The first kappa shape index (κ1) is 32.4. The summed E-state index contributed by atoms with van der Waals surface area (Å²) in [4.78, 5) is 5.08. The molecule has 0 amide bonds. The molecule has 2 N–H and O–H groups in total. The van der Waals surface area contributed by atoms with E-state index in [2.05, 4.69) is 134 Å². The standard InChI is InChI=1S/C39H53N3O2/c1-38(2)16-7-9-32(13-18-38)37(35-8-5-6-20-40-29-35)44-27-26-42-24-22-41(23-25-42)21-15-36(30-43)33-11-10-31-12-17-39(3,4)19-14-34(31)28-33/h5,7-14,16-19,28-29,36-37,40,43H,6,15,20-27,30H2,1-4H3. The molecule has 1 saturated heterocycles. The van der Waals surface area contributed by atoms with E-state index in [4.69, 9.17) is 4.74 Å². The van der Waals surface area contributed by atoms with Crippen molar-refractivity contribution in [3.05, 3.63) is 107 Å². The smallest absolute Gasteiger partial charge is 0.109 e. The van der Waals surface area contributed by atoms with Crippen molar-refractivity contribution < 1.29 is 9.84 Å². The molecular formula is C39H53N3O2. The lowest BCUT2D eigenvalue weighted by molar-refractivity contribution is 0.0593. The third-order valence-electron chi connectivity index (χ3n) is 9.30. The van der Waals surface area contributed by atoms with Crippen molar-refractivity contribution in [2.24, 2.45) is 10.8 Å². The lowest BCUT2D eigenvalue weighted by atomic mass is 9.92. The predicted molar refractivity (Wildman–Crippen MR) is 185 cm³/mol. The highest BCUT2D eigenvalue weighted by Gasteiger charge is 2.23. The highest BCUT2D eigenvalue weighted by molar-refractivity contribution is 5.69. The average Bonchev–Trinajstić information content (AvgIpc) is 3.45. The third kappa shape index (κ3) is 9.04. The number of aliphatic hydroxyl groups excluding tert-OH is 1. The summed E-state index contributed by atoms with van der Waals surface area (Å²) in [5.41, 5.74) is 6.21. The topological polar surface area (TPSA) is 48.0 Å². The summed E-state index contributed by atoms with van der Waals surface area (Å²) in [7, 11) is 0. The zero-order chi connectivity index (χ0) is 31.0. The second kappa shape index (κ2) is 14.9. The summed E-state index contributed by atoms with van der Waals surface area (Å²) >= 11 is 0. The van der Waals surface area contributed by atoms with Crippen LogP contribution in [-0.4, -0.2) is 80.0 Å². The molecule has 2 atom stereocenters. The Kier molecular flexibility index (Phi) is 11.0. The molecule has 0 spiro atoms. The number of benzene rings is 1. The van der Waals surface area contributed by atoms with Crippen LogP contribution in [0.2, 0.25) is 0 Å². The fourth-order valence-corrected chi connectivity index (χ4v) is 6.22. The Balaban J connectivity index is 1.10. The Bertz CT molecular complexity index is 1330. The van der Waals surface area contributed by atoms with Gasteiger partial charge in [0.25, 0.3) is 0 Å². The zero-order valence-corrected chi connectivity index (χ0v) is 27.3. The Morgan fingerprint density at radius 3 is 2.32 bits per heavy atom. The lowest BCUT2D eigenvalue weighted by Crippen LogP contribution is -2.47. The van der Waals surface area contributed by atoms with Crippen LogP contribution in [0.4, 0.5) is 0 Å². The van der Waals surface area contributed by atoms with Crippen LogP contribution in [0.1, 0.15) is 63.1 Å². The van der Waals surface area contributed by atoms with Crippen molar-refractivity contribution in [3.8, 4) is 0 Å². The molecule has 44 heavy (non-hydrogen) atoms. The molecule has 2 aliphatic heterocycles. The van der Waals surface area contributed by atoms with Gasteiger partial charge in [0.1, 0.15) is 6.10 Å². The van der Waals surface area contributed by atoms with Crippen molar-refractivity contribution in [1.82, 2.24) is 15.1 Å². The molecule has 5 heteroatoms. The van der Waals surface area contributed by atoms with Gasteiger partial charge in [-0.1, -0.05) is 113 Å². The van der Waals surface area contributed by atoms with Gasteiger partial charge in [-0.25, -0.2) is 0 Å². The molecule has 0 saturated carbocycles. The molecule has 0 aromatic heterocycles. The molecule has 1 aromatic carbocycles. The van der Waals surface area contributed by atoms with Gasteiger partial charge < -0.3 is 20.1 Å². The highest BCUT2D eigenvalue weighted by Crippen LogP contribution is 2.31. The van der Waals surface area contributed by atoms with Gasteiger partial charge in [-0.15, -0.1) is 0 Å². The first-order valence-electron chi connectivity index (χ1n) is 16.6. The van der Waals surface area contributed by atoms with E-state index < -0.39 is 0 Å². The maximum absolute atomic E-state index is 10.3. The highest BCUT2D eigenvalue weighted by atomic mass is 16.5. The van der Waals surface area contributed by atoms with E-state index in [1.807, 2.05) is 0 Å². The minimum absolute atomic E-state index is 0.0396. The van der Waals surface area contributed by atoms with Crippen LogP contribution >= 0.6 is 0 Å². The molecule has 1 fully saturated rings. The SMILES string of the molecule is CC1(C)C=CC=C(C(OCCN2CCN(CCC(CO)c3ccc4c(c3)C=CC(C)(C)C=C4)CC2)C2=CNCCC=C2)C=C1. The number of ether oxygens (including phenoxy) is 1. The van der Waals surface area contributed by atoms with E-state index in [0.717, 1.165) is 58.7 Å². The minimum atomic E-state index is -0.0886. The molecule has 4 aliphatic rings. The number of fused-ring (bicyclic) bond motifs is 1. The monoisotopic (exact) mass is 595 g/mol. The fourth-order valence-electron chi connectivity index (χ4n) is 6.22. The van der Waals surface area contributed by atoms with Gasteiger partial charge in [0, 0.05) is 74.4 Å². The number of hydrogen-bond acceptors (Lipinski definition) is 5. The Labute approximate surface area is 266 Å². The zero-order valence-electron chi connectivity index (χ0n) is 27.3. The van der Waals surface area contributed by atoms with Gasteiger partial charge in [0.05, 0.1) is 6.61 Å². The molecule has 236 valence electrons. The number of hydrogen-bond donors (Lipinski definition) is 2. The molecule has 0 bridgehead atoms. The molecule has 2 heterocycles. The number of aliphatic hydroxyl groups is 1. The first-order chi connectivity index (χ1) is 21.2. The summed E-state index contributed by atoms with van der Waals surface area (Å²) in [6, 6.07) is 6.69. The Hall–Kier alpha value is -2.96. The van der Waals surface area contributed by atoms with Crippen molar-refractivity contribution in [3.63, 3.8) is 0 Å². The van der Waals surface area contributed by atoms with Crippen molar-refractivity contribution in [1.29, 1.82) is 0 Å². The van der Waals surface area contributed by atoms with E-state index in [0.29, 0.717) is 6.61 Å². The van der Waals surface area contributed by atoms with Gasteiger partial charge in [-0.2, -0.15) is 0 Å². The second-order valence-electron chi connectivity index (χ2n) is 13.9. The van der Waals surface area contributed by atoms with E-state index in [-0.39, 0.29) is 29.5 Å². The quantitative estimate of drug-likeness (QED) is 0.297. The Morgan fingerprint density at radius 2 is 1.55 bits per heavy atom. The molecule has 2 aliphatic carbocycles. The van der Waals surface area contributed by atoms with E-state index >= 15 is 0 Å². The van der Waals surface area contributed by atoms with Crippen molar-refractivity contribution in [2.45, 2.75) is 52.6 Å². The summed E-state index contributed by atoms with van der Waals surface area (Å²) in [5.74, 6) is 0.159. The molecule has 5 rings (SSSR count). The summed E-state index contributed by atoms with van der Waals surface area (Å²) in [6.45, 7) is 16.9. The van der Waals surface area contributed by atoms with E-state index in [1.165, 1.54) is 27.8 Å². The van der Waals surface area contributed by atoms with Crippen LogP contribution in [0, 0.1) is 10.8 Å². The largest absolute Gasteiger partial charge is 0.396 e. The molecule has 0 radical (unpaired) electrons. The predicted octanol–water partition coefficient (Wildman–Crippen LogP) is 6.73. The minimum Gasteiger partial charge on any atom is -0.396 e. The maximum Gasteiger partial charge on any atom is 0.109 e.